The number of carbonyl (C=O) groups excluding carboxylic acids is 1. The maximum Gasteiger partial charge on any atom is 0.416 e. The highest BCUT2D eigenvalue weighted by Crippen LogP contribution is 2.44. The Morgan fingerprint density at radius 2 is 1.41 bits per heavy atom. The molecule has 1 saturated carbocycles. The lowest BCUT2D eigenvalue weighted by Gasteiger charge is -2.26. The van der Waals surface area contributed by atoms with Crippen LogP contribution in [0.15, 0.2) is 18.2 Å². The molecule has 0 spiro atoms. The number of alkyl halides is 6. The molecule has 0 aliphatic heterocycles. The topological polar surface area (TPSA) is 66.4 Å². The molecule has 0 atom stereocenters. The quantitative estimate of drug-likeness (QED) is 0.681. The standard InChI is InChI=1S/C17H17F6NO3/c18-16(19,20)10-5-11(17(21,22)23)7-12(6-10)24-13(25)8-15(9-14(26)27)3-1-2-4-15/h5-7H,1-4,8-9H2,(H,24,25)(H,26,27). The van der Waals surface area contributed by atoms with E-state index in [1.54, 1.807) is 0 Å². The summed E-state index contributed by atoms with van der Waals surface area (Å²) in [6.45, 7) is 0. The fraction of sp³-hybridized carbons (Fsp3) is 0.529. The van der Waals surface area contributed by atoms with E-state index in [0.29, 0.717) is 37.8 Å². The molecular formula is C17H17F6NO3. The number of anilines is 1. The molecule has 4 nitrogen and oxygen atoms in total. The molecule has 1 aromatic carbocycles. The Balaban J connectivity index is 2.25. The minimum Gasteiger partial charge on any atom is -0.481 e. The summed E-state index contributed by atoms with van der Waals surface area (Å²) < 4.78 is 77.2. The van der Waals surface area contributed by atoms with Gasteiger partial charge in [0.05, 0.1) is 17.5 Å². The van der Waals surface area contributed by atoms with E-state index in [1.165, 1.54) is 0 Å². The highest BCUT2D eigenvalue weighted by molar-refractivity contribution is 5.91. The second kappa shape index (κ2) is 7.40. The van der Waals surface area contributed by atoms with Gasteiger partial charge in [0.2, 0.25) is 5.91 Å². The van der Waals surface area contributed by atoms with Gasteiger partial charge in [-0.15, -0.1) is 0 Å². The molecule has 27 heavy (non-hydrogen) atoms. The monoisotopic (exact) mass is 397 g/mol. The van der Waals surface area contributed by atoms with E-state index in [4.69, 9.17) is 5.11 Å². The number of halogens is 6. The maximum absolute atomic E-state index is 12.9. The van der Waals surface area contributed by atoms with Crippen LogP contribution in [0.25, 0.3) is 0 Å². The molecule has 0 aromatic heterocycles. The van der Waals surface area contributed by atoms with Crippen molar-refractivity contribution in [1.82, 2.24) is 0 Å². The van der Waals surface area contributed by atoms with Crippen LogP contribution in [0.1, 0.15) is 49.7 Å². The van der Waals surface area contributed by atoms with Crippen molar-refractivity contribution in [2.45, 2.75) is 50.9 Å². The molecule has 0 radical (unpaired) electrons. The number of benzene rings is 1. The third-order valence-electron chi connectivity index (χ3n) is 4.60. The van der Waals surface area contributed by atoms with Crippen molar-refractivity contribution in [1.29, 1.82) is 0 Å². The number of rotatable bonds is 5. The highest BCUT2D eigenvalue weighted by atomic mass is 19.4. The molecular weight excluding hydrogens is 380 g/mol. The number of hydrogen-bond donors (Lipinski definition) is 2. The molecule has 150 valence electrons. The van der Waals surface area contributed by atoms with Gasteiger partial charge in [-0.05, 0) is 36.5 Å². The summed E-state index contributed by atoms with van der Waals surface area (Å²) in [5.74, 6) is -1.92. The van der Waals surface area contributed by atoms with E-state index in [2.05, 4.69) is 5.32 Å². The number of nitrogens with one attached hydrogen (secondary N) is 1. The fourth-order valence-electron chi connectivity index (χ4n) is 3.43. The van der Waals surface area contributed by atoms with Crippen LogP contribution < -0.4 is 5.32 Å². The fourth-order valence-corrected chi connectivity index (χ4v) is 3.43. The van der Waals surface area contributed by atoms with E-state index in [1.807, 2.05) is 0 Å². The van der Waals surface area contributed by atoms with E-state index in [9.17, 15) is 35.9 Å². The SMILES string of the molecule is O=C(O)CC1(CC(=O)Nc2cc(C(F)(F)F)cc(C(F)(F)F)c2)CCCC1. The van der Waals surface area contributed by atoms with Gasteiger partial charge in [0.1, 0.15) is 0 Å². The van der Waals surface area contributed by atoms with E-state index >= 15 is 0 Å². The number of carboxylic acid groups (broad SMARTS) is 1. The van der Waals surface area contributed by atoms with Gasteiger partial charge in [0, 0.05) is 12.1 Å². The zero-order valence-corrected chi connectivity index (χ0v) is 14.0. The molecule has 10 heteroatoms. The predicted octanol–water partition coefficient (Wildman–Crippen LogP) is 5.09. The van der Waals surface area contributed by atoms with Crippen LogP contribution in [-0.2, 0) is 21.9 Å². The van der Waals surface area contributed by atoms with E-state index in [0.717, 1.165) is 0 Å². The maximum atomic E-state index is 12.9. The van der Waals surface area contributed by atoms with Crippen molar-refractivity contribution in [3.05, 3.63) is 29.3 Å². The first-order valence-electron chi connectivity index (χ1n) is 8.12. The minimum absolute atomic E-state index is 0.0292. The van der Waals surface area contributed by atoms with Gasteiger partial charge < -0.3 is 10.4 Å². The largest absolute Gasteiger partial charge is 0.481 e. The van der Waals surface area contributed by atoms with Crippen molar-refractivity contribution >= 4 is 17.6 Å². The zero-order chi connectivity index (χ0) is 20.5. The number of carbonyl (C=O) groups is 2. The van der Waals surface area contributed by atoms with Gasteiger partial charge in [-0.1, -0.05) is 12.8 Å². The lowest BCUT2D eigenvalue weighted by molar-refractivity contribution is -0.143. The van der Waals surface area contributed by atoms with Gasteiger partial charge >= 0.3 is 18.3 Å². The van der Waals surface area contributed by atoms with Crippen LogP contribution in [0.4, 0.5) is 32.0 Å². The van der Waals surface area contributed by atoms with Gasteiger partial charge in [-0.25, -0.2) is 0 Å². The molecule has 1 aliphatic carbocycles. The average Bonchev–Trinajstić information content (AvgIpc) is 2.91. The van der Waals surface area contributed by atoms with Crippen LogP contribution in [0.2, 0.25) is 0 Å². The Morgan fingerprint density at radius 3 is 1.81 bits per heavy atom. The molecule has 0 saturated heterocycles. The van der Waals surface area contributed by atoms with Gasteiger partial charge in [0.25, 0.3) is 0 Å². The second-order valence-corrected chi connectivity index (χ2v) is 6.80. The van der Waals surface area contributed by atoms with Gasteiger partial charge in [0.15, 0.2) is 0 Å². The molecule has 1 aliphatic rings. The van der Waals surface area contributed by atoms with Crippen LogP contribution in [-0.4, -0.2) is 17.0 Å². The average molecular weight is 397 g/mol. The molecule has 1 fully saturated rings. The second-order valence-electron chi connectivity index (χ2n) is 6.80. The summed E-state index contributed by atoms with van der Waals surface area (Å²) in [5.41, 5.74) is -4.53. The summed E-state index contributed by atoms with van der Waals surface area (Å²) in [5, 5.41) is 11.1. The molecule has 1 amide bonds. The van der Waals surface area contributed by atoms with Crippen LogP contribution in [0.5, 0.6) is 0 Å². The molecule has 1 aromatic rings. The summed E-state index contributed by atoms with van der Waals surface area (Å²) in [6, 6.07) is 0.815. The van der Waals surface area contributed by atoms with Crippen molar-refractivity contribution in [3.63, 3.8) is 0 Å². The summed E-state index contributed by atoms with van der Waals surface area (Å²) in [4.78, 5) is 23.2. The Labute approximate surface area is 150 Å². The smallest absolute Gasteiger partial charge is 0.416 e. The number of amides is 1. The summed E-state index contributed by atoms with van der Waals surface area (Å²) in [6.07, 6.45) is -8.25. The van der Waals surface area contributed by atoms with Crippen molar-refractivity contribution in [2.24, 2.45) is 5.41 Å². The summed E-state index contributed by atoms with van der Waals surface area (Å²) >= 11 is 0. The normalized spacial score (nSPS) is 17.0. The Morgan fingerprint density at radius 1 is 0.926 bits per heavy atom. The Hall–Kier alpha value is -2.26. The van der Waals surface area contributed by atoms with Crippen molar-refractivity contribution in [2.75, 3.05) is 5.32 Å². The molecule has 0 unspecified atom stereocenters. The predicted molar refractivity (Wildman–Crippen MR) is 82.8 cm³/mol. The Bertz CT molecular complexity index is 688. The summed E-state index contributed by atoms with van der Waals surface area (Å²) in [7, 11) is 0. The first kappa shape index (κ1) is 21.0. The Kier molecular flexibility index (Phi) is 5.77. The van der Waals surface area contributed by atoms with E-state index < -0.39 is 46.5 Å². The van der Waals surface area contributed by atoms with E-state index in [-0.39, 0.29) is 18.9 Å². The minimum atomic E-state index is -5.02. The van der Waals surface area contributed by atoms with Gasteiger partial charge in [-0.3, -0.25) is 9.59 Å². The third kappa shape index (κ3) is 5.61. The first-order valence-corrected chi connectivity index (χ1v) is 8.12. The number of aliphatic carboxylic acids is 1. The molecule has 0 bridgehead atoms. The molecule has 2 rings (SSSR count). The van der Waals surface area contributed by atoms with Crippen molar-refractivity contribution in [3.8, 4) is 0 Å². The van der Waals surface area contributed by atoms with Crippen LogP contribution in [0.3, 0.4) is 0 Å². The molecule has 2 N–H and O–H groups in total. The molecule has 0 heterocycles. The highest BCUT2D eigenvalue weighted by Gasteiger charge is 2.39. The zero-order valence-electron chi connectivity index (χ0n) is 14.0. The lowest BCUT2D eigenvalue weighted by atomic mass is 9.79. The first-order chi connectivity index (χ1) is 12.3. The van der Waals surface area contributed by atoms with Crippen LogP contribution in [0, 0.1) is 5.41 Å². The van der Waals surface area contributed by atoms with Gasteiger partial charge in [-0.2, -0.15) is 26.3 Å². The van der Waals surface area contributed by atoms with Crippen molar-refractivity contribution < 1.29 is 41.0 Å². The number of carboxylic acids is 1. The number of hydrogen-bond acceptors (Lipinski definition) is 2. The lowest BCUT2D eigenvalue weighted by Crippen LogP contribution is -2.28. The third-order valence-corrected chi connectivity index (χ3v) is 4.60. The van der Waals surface area contributed by atoms with Crippen LogP contribution >= 0.6 is 0 Å².